The molecule has 0 saturated carbocycles. The number of nitrogens with zero attached hydrogens (tertiary/aromatic N) is 1. The van der Waals surface area contributed by atoms with E-state index in [0.717, 1.165) is 11.4 Å². The van der Waals surface area contributed by atoms with Crippen molar-refractivity contribution in [3.05, 3.63) is 52.9 Å². The van der Waals surface area contributed by atoms with E-state index in [4.69, 9.17) is 0 Å². The van der Waals surface area contributed by atoms with E-state index >= 15 is 0 Å². The van der Waals surface area contributed by atoms with Crippen molar-refractivity contribution in [3.8, 4) is 0 Å². The zero-order chi connectivity index (χ0) is 12.6. The third-order valence-electron chi connectivity index (χ3n) is 2.86. The average Bonchev–Trinajstić information content (AvgIpc) is 2.57. The van der Waals surface area contributed by atoms with Gasteiger partial charge < -0.3 is 0 Å². The molecule has 0 saturated heterocycles. The summed E-state index contributed by atoms with van der Waals surface area (Å²) in [4.78, 5) is 0. The predicted molar refractivity (Wildman–Crippen MR) is 59.0 cm³/mol. The molecule has 17 heavy (non-hydrogen) atoms. The minimum atomic E-state index is -0.484. The number of rotatable bonds is 2. The first-order valence-electron chi connectivity index (χ1n) is 5.31. The molecule has 0 bridgehead atoms. The summed E-state index contributed by atoms with van der Waals surface area (Å²) in [7, 11) is 0. The molecule has 0 N–H and O–H groups in total. The van der Waals surface area contributed by atoms with Crippen LogP contribution in [0.4, 0.5) is 8.78 Å². The van der Waals surface area contributed by atoms with Gasteiger partial charge in [0.1, 0.15) is 0 Å². The van der Waals surface area contributed by atoms with Crippen LogP contribution in [0.25, 0.3) is 0 Å². The summed E-state index contributed by atoms with van der Waals surface area (Å²) in [5.74, 6) is -0.968. The van der Waals surface area contributed by atoms with Crippen LogP contribution < -0.4 is 3.87 Å². The number of aromatic nitrogens is 1. The number of hydrogen-bond acceptors (Lipinski definition) is 0. The van der Waals surface area contributed by atoms with Crippen molar-refractivity contribution in [1.82, 2.24) is 4.57 Å². The molecule has 2 aromatic rings. The Balaban J connectivity index is 2.37. The number of aryl methyl sites for hydroxylation is 2. The van der Waals surface area contributed by atoms with Gasteiger partial charge in [-0.25, -0.2) is 0 Å². The van der Waals surface area contributed by atoms with Crippen LogP contribution in [0.15, 0.2) is 24.3 Å². The van der Waals surface area contributed by atoms with Crippen LogP contribution in [0, 0.1) is 25.5 Å². The van der Waals surface area contributed by atoms with E-state index in [9.17, 15) is 8.78 Å². The Morgan fingerprint density at radius 3 is 2.00 bits per heavy atom. The topological polar surface area (TPSA) is 4.93 Å². The third kappa shape index (κ3) is 2.50. The molecule has 1 aromatic carbocycles. The van der Waals surface area contributed by atoms with Gasteiger partial charge in [0.2, 0.25) is 0 Å². The summed E-state index contributed by atoms with van der Waals surface area (Å²) in [6.45, 7) is 4.46. The maximum absolute atomic E-state index is 13.4. The summed E-state index contributed by atoms with van der Waals surface area (Å²) in [6.07, 6.45) is 0. The van der Waals surface area contributed by atoms with Crippen molar-refractivity contribution in [2.24, 2.45) is 0 Å². The molecule has 1 nitrogen and oxygen atoms in total. The number of hydrogen-bond donors (Lipinski definition) is 0. The Kier molecular flexibility index (Phi) is 3.50. The Bertz CT molecular complexity index is 518. The van der Waals surface area contributed by atoms with Crippen LogP contribution in [0.3, 0.4) is 0 Å². The number of benzene rings is 1. The normalized spacial score (nSPS) is 10.8. The molecule has 4 heteroatoms. The minimum absolute atomic E-state index is 0.0784. The first-order chi connectivity index (χ1) is 7.99. The molecular formula is C13H12F2NTi. The Hall–Kier alpha value is -0.926. The van der Waals surface area contributed by atoms with Crippen LogP contribution in [0.2, 0.25) is 0 Å². The maximum atomic E-state index is 13.4. The fourth-order valence-corrected chi connectivity index (χ4v) is 2.07. The standard InChI is InChI=1S/C13H12F2N.Ti/c1-9-3-4-10(2)16(9)8-11-5-12(14)7-13(15)6-11;/h3-6H,8H2,1-2H3;. The van der Waals surface area contributed by atoms with Crippen molar-refractivity contribution in [1.29, 1.82) is 0 Å². The molecule has 0 amide bonds. The fraction of sp³-hybridized carbons (Fsp3) is 0.231. The van der Waals surface area contributed by atoms with Crippen molar-refractivity contribution < 1.29 is 29.2 Å². The predicted octanol–water partition coefficient (Wildman–Crippen LogP) is 2.60. The molecule has 0 atom stereocenters. The zero-order valence-electron chi connectivity index (χ0n) is 9.72. The van der Waals surface area contributed by atoms with Crippen LogP contribution >= 0.6 is 0 Å². The first kappa shape index (κ1) is 12.5. The second kappa shape index (κ2) is 4.75. The van der Waals surface area contributed by atoms with Crippen LogP contribution in [0.1, 0.15) is 17.0 Å². The van der Waals surface area contributed by atoms with Gasteiger partial charge in [-0.2, -0.15) is 0 Å². The quantitative estimate of drug-likeness (QED) is 0.738. The van der Waals surface area contributed by atoms with Crippen molar-refractivity contribution in [3.63, 3.8) is 0 Å². The van der Waals surface area contributed by atoms with Crippen LogP contribution in [-0.2, 0) is 27.0 Å². The summed E-state index contributed by atoms with van der Waals surface area (Å²) >= 11 is 1.45. The molecule has 1 aromatic heterocycles. The summed E-state index contributed by atoms with van der Waals surface area (Å²) in [6, 6.07) is 6.79. The van der Waals surface area contributed by atoms with Gasteiger partial charge in [0, 0.05) is 0 Å². The Morgan fingerprint density at radius 2 is 1.53 bits per heavy atom. The van der Waals surface area contributed by atoms with Gasteiger partial charge in [-0.3, -0.25) is 0 Å². The second-order valence-corrected chi connectivity index (χ2v) is 4.92. The van der Waals surface area contributed by atoms with Gasteiger partial charge in [0.15, 0.2) is 0 Å². The molecule has 1 heterocycles. The van der Waals surface area contributed by atoms with E-state index < -0.39 is 11.6 Å². The fourth-order valence-electron chi connectivity index (χ4n) is 1.85. The summed E-state index contributed by atoms with van der Waals surface area (Å²) < 4.78 is 29.0. The van der Waals surface area contributed by atoms with E-state index in [1.165, 1.54) is 32.6 Å². The molecule has 0 aliphatic carbocycles. The summed E-state index contributed by atoms with van der Waals surface area (Å²) in [5, 5.41) is 0. The molecule has 2 rings (SSSR count). The molecule has 0 spiro atoms. The number of halogens is 2. The van der Waals surface area contributed by atoms with Crippen LogP contribution in [0.5, 0.6) is 0 Å². The molecule has 87 valence electrons. The third-order valence-corrected chi connectivity index (χ3v) is 3.61. The van der Waals surface area contributed by atoms with Gasteiger partial charge in [-0.15, -0.1) is 0 Å². The van der Waals surface area contributed by atoms with E-state index in [-0.39, 0.29) is 3.87 Å². The molecule has 0 aliphatic heterocycles. The molecule has 0 aliphatic rings. The van der Waals surface area contributed by atoms with Crippen molar-refractivity contribution in [2.75, 3.05) is 0 Å². The molecular weight excluding hydrogens is 256 g/mol. The van der Waals surface area contributed by atoms with Crippen molar-refractivity contribution >= 4 is 3.87 Å². The van der Waals surface area contributed by atoms with E-state index in [0.29, 0.717) is 12.1 Å². The van der Waals surface area contributed by atoms with Gasteiger partial charge in [-0.1, -0.05) is 0 Å². The van der Waals surface area contributed by atoms with Gasteiger partial charge in [-0.05, 0) is 0 Å². The van der Waals surface area contributed by atoms with Gasteiger partial charge in [0.25, 0.3) is 0 Å². The Labute approximate surface area is 111 Å². The summed E-state index contributed by atoms with van der Waals surface area (Å²) in [5.41, 5.74) is 2.82. The second-order valence-electron chi connectivity index (χ2n) is 4.14. The van der Waals surface area contributed by atoms with Gasteiger partial charge in [0.05, 0.1) is 0 Å². The Morgan fingerprint density at radius 1 is 1.06 bits per heavy atom. The van der Waals surface area contributed by atoms with E-state index in [2.05, 4.69) is 0 Å². The average molecular weight is 268 g/mol. The molecule has 0 unspecified atom stereocenters. The van der Waals surface area contributed by atoms with Crippen molar-refractivity contribution in [2.45, 2.75) is 20.4 Å². The SMILES string of the molecule is Cc1ccc(C)n1Cc1cc(F)[c]([Ti])c(F)c1. The first-order valence-corrected chi connectivity index (χ1v) is 6.09. The monoisotopic (exact) mass is 268 g/mol. The molecule has 0 radical (unpaired) electrons. The zero-order valence-corrected chi connectivity index (χ0v) is 11.3. The van der Waals surface area contributed by atoms with E-state index in [1.54, 1.807) is 0 Å². The molecule has 0 fully saturated rings. The van der Waals surface area contributed by atoms with Gasteiger partial charge >= 0.3 is 111 Å². The van der Waals surface area contributed by atoms with Crippen LogP contribution in [-0.4, -0.2) is 4.57 Å². The van der Waals surface area contributed by atoms with E-state index in [1.807, 2.05) is 30.5 Å².